The Morgan fingerprint density at radius 2 is 0.711 bits per heavy atom. The summed E-state index contributed by atoms with van der Waals surface area (Å²) in [6.07, 6.45) is 68.1. The van der Waals surface area contributed by atoms with Gasteiger partial charge in [-0.1, -0.05) is 221 Å². The first-order valence-electron chi connectivity index (χ1n) is 30.1. The summed E-state index contributed by atoms with van der Waals surface area (Å²) in [5.74, 6) is -1.58. The lowest BCUT2D eigenvalue weighted by Gasteiger charge is -2.21. The molecule has 0 spiro atoms. The van der Waals surface area contributed by atoms with Crippen molar-refractivity contribution in [2.24, 2.45) is 0 Å². The summed E-state index contributed by atoms with van der Waals surface area (Å²) in [7, 11) is -4.77. The third kappa shape index (κ3) is 55.2. The first kappa shape index (κ1) is 72.4. The Balaban J connectivity index is 4.77. The molecular formula is C64H109O11P. The number of phosphoric ester groups is 1. The molecule has 0 fully saturated rings. The quantitative estimate of drug-likeness (QED) is 0.0197. The van der Waals surface area contributed by atoms with E-state index in [9.17, 15) is 28.9 Å². The van der Waals surface area contributed by atoms with E-state index >= 15 is 0 Å². The summed E-state index contributed by atoms with van der Waals surface area (Å²) in [6, 6.07) is 0. The van der Waals surface area contributed by atoms with Gasteiger partial charge in [0.25, 0.3) is 0 Å². The van der Waals surface area contributed by atoms with E-state index in [1.54, 1.807) is 0 Å². The van der Waals surface area contributed by atoms with Crippen LogP contribution < -0.4 is 0 Å². The van der Waals surface area contributed by atoms with Crippen LogP contribution in [0.5, 0.6) is 0 Å². The third-order valence-electron chi connectivity index (χ3n) is 12.5. The zero-order valence-corrected chi connectivity index (χ0v) is 49.1. The molecule has 0 aliphatic heterocycles. The van der Waals surface area contributed by atoms with Crippen LogP contribution in [0.15, 0.2) is 97.2 Å². The number of unbranched alkanes of at least 4 members (excludes halogenated alkanes) is 22. The Kier molecular flexibility index (Phi) is 54.8. The van der Waals surface area contributed by atoms with E-state index in [1.807, 2.05) is 12.2 Å². The van der Waals surface area contributed by atoms with Crippen LogP contribution in [0.2, 0.25) is 0 Å². The van der Waals surface area contributed by atoms with Crippen LogP contribution in [0.25, 0.3) is 0 Å². The fourth-order valence-electron chi connectivity index (χ4n) is 7.90. The summed E-state index contributed by atoms with van der Waals surface area (Å²) >= 11 is 0. The number of hydrogen-bond donors (Lipinski definition) is 2. The summed E-state index contributed by atoms with van der Waals surface area (Å²) in [5, 5.41) is 9.83. The summed E-state index contributed by atoms with van der Waals surface area (Å²) in [6.45, 7) is 4.41. The van der Waals surface area contributed by atoms with Crippen molar-refractivity contribution in [3.05, 3.63) is 97.2 Å². The van der Waals surface area contributed by atoms with Gasteiger partial charge in [-0.3, -0.25) is 23.4 Å². The van der Waals surface area contributed by atoms with Gasteiger partial charge in [-0.05, 0) is 109 Å². The lowest BCUT2D eigenvalue weighted by Crippen LogP contribution is -2.30. The van der Waals surface area contributed by atoms with E-state index in [4.69, 9.17) is 23.3 Å². The van der Waals surface area contributed by atoms with Gasteiger partial charge in [0.05, 0.1) is 19.8 Å². The van der Waals surface area contributed by atoms with E-state index in [0.717, 1.165) is 103 Å². The number of aliphatic hydroxyl groups excluding tert-OH is 1. The second-order valence-corrected chi connectivity index (χ2v) is 21.2. The predicted molar refractivity (Wildman–Crippen MR) is 316 cm³/mol. The van der Waals surface area contributed by atoms with Gasteiger partial charge >= 0.3 is 25.7 Å². The molecule has 0 aliphatic rings. The molecule has 0 heterocycles. The van der Waals surface area contributed by atoms with Crippen LogP contribution in [-0.2, 0) is 42.2 Å². The third-order valence-corrected chi connectivity index (χ3v) is 13.4. The molecule has 0 radical (unpaired) electrons. The number of allylic oxidation sites excluding steroid dienone is 16. The van der Waals surface area contributed by atoms with Crippen molar-refractivity contribution in [2.45, 2.75) is 264 Å². The maximum atomic E-state index is 12.9. The second-order valence-electron chi connectivity index (χ2n) is 19.8. The van der Waals surface area contributed by atoms with E-state index < -0.39 is 57.8 Å². The Bertz CT molecular complexity index is 1640. The minimum Gasteiger partial charge on any atom is -0.462 e. The van der Waals surface area contributed by atoms with Gasteiger partial charge in [0.15, 0.2) is 6.10 Å². The number of esters is 3. The molecule has 0 saturated heterocycles. The lowest BCUT2D eigenvalue weighted by molar-refractivity contribution is -0.161. The molecular weight excluding hydrogens is 976 g/mol. The number of aliphatic hydroxyl groups is 1. The first-order valence-corrected chi connectivity index (χ1v) is 31.6. The highest BCUT2D eigenvalue weighted by molar-refractivity contribution is 7.47. The molecule has 12 heteroatoms. The van der Waals surface area contributed by atoms with Crippen LogP contribution in [-0.4, -0.2) is 66.5 Å². The highest BCUT2D eigenvalue weighted by Gasteiger charge is 2.28. The second kappa shape index (κ2) is 57.6. The van der Waals surface area contributed by atoms with Crippen LogP contribution in [0.4, 0.5) is 0 Å². The zero-order chi connectivity index (χ0) is 55.5. The highest BCUT2D eigenvalue weighted by atomic mass is 31.2. The van der Waals surface area contributed by atoms with Crippen molar-refractivity contribution in [3.63, 3.8) is 0 Å². The van der Waals surface area contributed by atoms with Gasteiger partial charge in [-0.15, -0.1) is 0 Å². The van der Waals surface area contributed by atoms with Gasteiger partial charge in [0.1, 0.15) is 12.7 Å². The minimum absolute atomic E-state index is 0.0985. The van der Waals surface area contributed by atoms with Crippen molar-refractivity contribution >= 4 is 25.7 Å². The molecule has 0 aromatic heterocycles. The van der Waals surface area contributed by atoms with E-state index in [2.05, 4.69) is 106 Å². The molecule has 11 nitrogen and oxygen atoms in total. The maximum absolute atomic E-state index is 12.9. The number of carbonyl (C=O) groups excluding carboxylic acids is 3. The molecule has 0 aromatic carbocycles. The average molecular weight is 1090 g/mol. The maximum Gasteiger partial charge on any atom is 0.472 e. The number of rotatable bonds is 55. The van der Waals surface area contributed by atoms with Gasteiger partial charge < -0.3 is 24.2 Å². The summed E-state index contributed by atoms with van der Waals surface area (Å²) < 4.78 is 39.5. The van der Waals surface area contributed by atoms with Gasteiger partial charge in [0.2, 0.25) is 0 Å². The molecule has 0 bridgehead atoms. The SMILES string of the molecule is CC/C=C\C/C=C\C/C=C\C/C=C\CCC(=O)OCC(COP(=O)(O)OCC(CO)OC(=O)CCCCCCCCC/C=C\CCCCCCCC)OC(=O)CCCCCCCC/C=C\C/C=C\C/C=C\CCCCC. The monoisotopic (exact) mass is 1080 g/mol. The molecule has 2 N–H and O–H groups in total. The standard InChI is InChI=1S/C64H109O11P/c1-4-7-10-13-16-19-22-25-27-29-30-32-34-37-40-43-46-49-52-55-64(68)75-61(57-71-62(66)53-50-47-44-41-38-35-24-21-18-15-12-9-6-3)59-73-76(69,70)72-58-60(56-65)74-63(67)54-51-48-45-42-39-36-33-31-28-26-23-20-17-14-11-8-5-2/h9,12,16,18-19,21,25-28,30,32,35,38,44,47,60-61,65H,4-8,10-11,13-15,17,20,22-24,29,31,33-34,36-37,39-43,45-46,48-59H2,1-3H3,(H,69,70)/b12-9-,19-16-,21-18-,27-25-,28-26-,32-30-,38-35-,47-44-. The highest BCUT2D eigenvalue weighted by Crippen LogP contribution is 2.43. The molecule has 0 amide bonds. The van der Waals surface area contributed by atoms with Crippen molar-refractivity contribution < 1.29 is 52.2 Å². The molecule has 436 valence electrons. The van der Waals surface area contributed by atoms with Crippen molar-refractivity contribution in [2.75, 3.05) is 26.4 Å². The topological polar surface area (TPSA) is 155 Å². The molecule has 0 saturated carbocycles. The molecule has 0 aromatic rings. The van der Waals surface area contributed by atoms with Crippen molar-refractivity contribution in [3.8, 4) is 0 Å². The van der Waals surface area contributed by atoms with Crippen LogP contribution in [0.3, 0.4) is 0 Å². The van der Waals surface area contributed by atoms with Gasteiger partial charge in [0, 0.05) is 19.3 Å². The Labute approximate surface area is 463 Å². The van der Waals surface area contributed by atoms with Crippen LogP contribution >= 0.6 is 7.82 Å². The number of phosphoric acid groups is 1. The summed E-state index contributed by atoms with van der Waals surface area (Å²) in [4.78, 5) is 48.6. The smallest absolute Gasteiger partial charge is 0.462 e. The van der Waals surface area contributed by atoms with E-state index in [1.165, 1.54) is 89.9 Å². The van der Waals surface area contributed by atoms with Crippen LogP contribution in [0.1, 0.15) is 252 Å². The Hall–Kier alpha value is -3.60. The Morgan fingerprint density at radius 1 is 0.382 bits per heavy atom. The van der Waals surface area contributed by atoms with Gasteiger partial charge in [-0.25, -0.2) is 4.57 Å². The Morgan fingerprint density at radius 3 is 1.14 bits per heavy atom. The molecule has 0 aliphatic carbocycles. The average Bonchev–Trinajstić information content (AvgIpc) is 3.41. The lowest BCUT2D eigenvalue weighted by atomic mass is 10.1. The normalized spacial score (nSPS) is 14.0. The number of carbonyl (C=O) groups is 3. The summed E-state index contributed by atoms with van der Waals surface area (Å²) in [5.41, 5.74) is 0. The zero-order valence-electron chi connectivity index (χ0n) is 48.2. The molecule has 0 rings (SSSR count). The molecule has 3 unspecified atom stereocenters. The van der Waals surface area contributed by atoms with E-state index in [-0.39, 0.29) is 25.9 Å². The number of hydrogen-bond acceptors (Lipinski definition) is 10. The first-order chi connectivity index (χ1) is 37.2. The van der Waals surface area contributed by atoms with E-state index in [0.29, 0.717) is 19.3 Å². The number of ether oxygens (including phenoxy) is 3. The van der Waals surface area contributed by atoms with Crippen molar-refractivity contribution in [1.29, 1.82) is 0 Å². The fourth-order valence-corrected chi connectivity index (χ4v) is 8.68. The van der Waals surface area contributed by atoms with Gasteiger partial charge in [-0.2, -0.15) is 0 Å². The minimum atomic E-state index is -4.77. The van der Waals surface area contributed by atoms with Crippen LogP contribution in [0, 0.1) is 0 Å². The fraction of sp³-hybridized carbons (Fsp3) is 0.703. The van der Waals surface area contributed by atoms with Crippen molar-refractivity contribution in [1.82, 2.24) is 0 Å². The molecule has 3 atom stereocenters. The largest absolute Gasteiger partial charge is 0.472 e. The molecule has 76 heavy (non-hydrogen) atoms. The predicted octanol–water partition coefficient (Wildman–Crippen LogP) is 18.0.